The Balaban J connectivity index is 1.45. The summed E-state index contributed by atoms with van der Waals surface area (Å²) in [5, 5.41) is 4.42. The first-order chi connectivity index (χ1) is 16.9. The minimum absolute atomic E-state index is 0.0211. The van der Waals surface area contributed by atoms with Gasteiger partial charge in [0.05, 0.1) is 22.4 Å². The fraction of sp³-hybridized carbons (Fsp3) is 0. The molecule has 0 aliphatic rings. The number of benzene rings is 4. The Kier molecular flexibility index (Phi) is 7.45. The molecule has 0 aromatic heterocycles. The number of nitrogens with one attached hydrogen (secondary N) is 2. The van der Waals surface area contributed by atoms with Gasteiger partial charge in [-0.1, -0.05) is 54.1 Å². The lowest BCUT2D eigenvalue weighted by molar-refractivity contribution is 0.0956. The summed E-state index contributed by atoms with van der Waals surface area (Å²) >= 11 is 5.84. The molecule has 0 saturated carbocycles. The minimum atomic E-state index is -3.92. The summed E-state index contributed by atoms with van der Waals surface area (Å²) < 4.78 is 33.7. The van der Waals surface area contributed by atoms with Gasteiger partial charge in [0.25, 0.3) is 15.9 Å². The molecule has 0 aliphatic heterocycles. The Hall–Kier alpha value is -4.14. The molecule has 0 aliphatic carbocycles. The maximum absolute atomic E-state index is 12.7. The van der Waals surface area contributed by atoms with Crippen molar-refractivity contribution in [1.82, 2.24) is 5.43 Å². The van der Waals surface area contributed by atoms with E-state index in [9.17, 15) is 13.2 Å². The molecule has 4 rings (SSSR count). The SMILES string of the molecule is O=C(N/N=C/c1cccc(Oc2ccccc2)c1)c1ccccc1NS(=O)(=O)c1ccc(Cl)cc1. The Morgan fingerprint density at radius 1 is 0.829 bits per heavy atom. The summed E-state index contributed by atoms with van der Waals surface area (Å²) in [5.74, 6) is 0.744. The highest BCUT2D eigenvalue weighted by molar-refractivity contribution is 7.92. The zero-order valence-electron chi connectivity index (χ0n) is 18.3. The van der Waals surface area contributed by atoms with Crippen molar-refractivity contribution < 1.29 is 17.9 Å². The number of hydrogen-bond acceptors (Lipinski definition) is 5. The summed E-state index contributed by atoms with van der Waals surface area (Å²) in [6, 6.07) is 28.5. The van der Waals surface area contributed by atoms with E-state index in [4.69, 9.17) is 16.3 Å². The van der Waals surface area contributed by atoms with Gasteiger partial charge in [0.1, 0.15) is 11.5 Å². The van der Waals surface area contributed by atoms with E-state index in [0.717, 1.165) is 0 Å². The van der Waals surface area contributed by atoms with E-state index in [1.54, 1.807) is 18.2 Å². The number of rotatable bonds is 8. The standard InChI is InChI=1S/C26H20ClN3O4S/c27-20-13-15-23(16-14-20)35(32,33)30-25-12-5-4-11-24(25)26(31)29-28-18-19-7-6-10-22(17-19)34-21-8-2-1-3-9-21/h1-18,30H,(H,29,31)/b28-18+. The van der Waals surface area contributed by atoms with Crippen LogP contribution in [0, 0.1) is 0 Å². The molecule has 0 radical (unpaired) electrons. The smallest absolute Gasteiger partial charge is 0.273 e. The maximum atomic E-state index is 12.7. The molecular weight excluding hydrogens is 486 g/mol. The summed E-state index contributed by atoms with van der Waals surface area (Å²) in [6.45, 7) is 0. The molecule has 0 unspecified atom stereocenters. The number of anilines is 1. The minimum Gasteiger partial charge on any atom is -0.457 e. The van der Waals surface area contributed by atoms with Crippen LogP contribution in [0.4, 0.5) is 5.69 Å². The Labute approximate surface area is 208 Å². The van der Waals surface area contributed by atoms with Gasteiger partial charge >= 0.3 is 0 Å². The second-order valence-electron chi connectivity index (χ2n) is 7.29. The van der Waals surface area contributed by atoms with E-state index in [1.807, 2.05) is 48.5 Å². The third-order valence-corrected chi connectivity index (χ3v) is 6.39. The van der Waals surface area contributed by atoms with Gasteiger partial charge in [0, 0.05) is 5.02 Å². The molecule has 0 heterocycles. The number of halogens is 1. The van der Waals surface area contributed by atoms with Crippen molar-refractivity contribution >= 4 is 39.4 Å². The number of hydrogen-bond donors (Lipinski definition) is 2. The molecular formula is C26H20ClN3O4S. The maximum Gasteiger partial charge on any atom is 0.273 e. The first-order valence-corrected chi connectivity index (χ1v) is 12.3. The number of nitrogens with zero attached hydrogens (tertiary/aromatic N) is 1. The van der Waals surface area contributed by atoms with Crippen LogP contribution in [0.3, 0.4) is 0 Å². The predicted molar refractivity (Wildman–Crippen MR) is 137 cm³/mol. The number of ether oxygens (including phenoxy) is 1. The third kappa shape index (κ3) is 6.47. The molecule has 0 atom stereocenters. The topological polar surface area (TPSA) is 96.9 Å². The van der Waals surface area contributed by atoms with Crippen molar-refractivity contribution in [2.45, 2.75) is 4.90 Å². The van der Waals surface area contributed by atoms with Crippen molar-refractivity contribution in [3.05, 3.63) is 119 Å². The number of amides is 1. The second-order valence-corrected chi connectivity index (χ2v) is 9.41. The fourth-order valence-electron chi connectivity index (χ4n) is 3.10. The lowest BCUT2D eigenvalue weighted by atomic mass is 10.2. The molecule has 9 heteroatoms. The molecule has 0 bridgehead atoms. The summed E-state index contributed by atoms with van der Waals surface area (Å²) in [7, 11) is -3.92. The first kappa shape index (κ1) is 24.0. The van der Waals surface area contributed by atoms with E-state index in [2.05, 4.69) is 15.2 Å². The van der Waals surface area contributed by atoms with Crippen molar-refractivity contribution in [2.24, 2.45) is 5.10 Å². The van der Waals surface area contributed by atoms with Crippen LogP contribution in [0.1, 0.15) is 15.9 Å². The van der Waals surface area contributed by atoms with Gasteiger partial charge in [-0.25, -0.2) is 13.8 Å². The molecule has 176 valence electrons. The van der Waals surface area contributed by atoms with Crippen LogP contribution in [0.15, 0.2) is 113 Å². The molecule has 4 aromatic rings. The lowest BCUT2D eigenvalue weighted by Crippen LogP contribution is -2.21. The van der Waals surface area contributed by atoms with E-state index in [0.29, 0.717) is 22.1 Å². The lowest BCUT2D eigenvalue weighted by Gasteiger charge is -2.12. The highest BCUT2D eigenvalue weighted by atomic mass is 35.5. The van der Waals surface area contributed by atoms with Crippen molar-refractivity contribution in [3.63, 3.8) is 0 Å². The van der Waals surface area contributed by atoms with Gasteiger partial charge < -0.3 is 4.74 Å². The number of para-hydroxylation sites is 2. The fourth-order valence-corrected chi connectivity index (χ4v) is 4.30. The number of hydrazone groups is 1. The molecule has 1 amide bonds. The van der Waals surface area contributed by atoms with Crippen LogP contribution in [0.25, 0.3) is 0 Å². The number of carbonyl (C=O) groups is 1. The summed E-state index contributed by atoms with van der Waals surface area (Å²) in [4.78, 5) is 12.8. The van der Waals surface area contributed by atoms with Gasteiger partial charge in [-0.15, -0.1) is 0 Å². The predicted octanol–water partition coefficient (Wildman–Crippen LogP) is 5.70. The average Bonchev–Trinajstić information content (AvgIpc) is 2.85. The molecule has 7 nitrogen and oxygen atoms in total. The van der Waals surface area contributed by atoms with Crippen molar-refractivity contribution in [3.8, 4) is 11.5 Å². The Morgan fingerprint density at radius 3 is 2.29 bits per heavy atom. The molecule has 0 saturated heterocycles. The number of carbonyl (C=O) groups excluding carboxylic acids is 1. The van der Waals surface area contributed by atoms with Crippen LogP contribution in [-0.2, 0) is 10.0 Å². The van der Waals surface area contributed by atoms with E-state index in [1.165, 1.54) is 42.6 Å². The quantitative estimate of drug-likeness (QED) is 0.237. The largest absolute Gasteiger partial charge is 0.457 e. The van der Waals surface area contributed by atoms with E-state index in [-0.39, 0.29) is 16.1 Å². The first-order valence-electron chi connectivity index (χ1n) is 10.4. The van der Waals surface area contributed by atoms with Crippen LogP contribution in [-0.4, -0.2) is 20.5 Å². The van der Waals surface area contributed by atoms with Gasteiger partial charge in [-0.3, -0.25) is 9.52 Å². The molecule has 2 N–H and O–H groups in total. The van der Waals surface area contributed by atoms with Crippen LogP contribution in [0.2, 0.25) is 5.02 Å². The van der Waals surface area contributed by atoms with Gasteiger partial charge in [-0.05, 0) is 66.2 Å². The van der Waals surface area contributed by atoms with Gasteiger partial charge in [0.15, 0.2) is 0 Å². The van der Waals surface area contributed by atoms with Crippen LogP contribution in [0.5, 0.6) is 11.5 Å². The average molecular weight is 506 g/mol. The summed E-state index contributed by atoms with van der Waals surface area (Å²) in [5.41, 5.74) is 3.36. The van der Waals surface area contributed by atoms with Gasteiger partial charge in [0.2, 0.25) is 0 Å². The number of sulfonamides is 1. The van der Waals surface area contributed by atoms with Crippen molar-refractivity contribution in [2.75, 3.05) is 4.72 Å². The third-order valence-electron chi connectivity index (χ3n) is 4.76. The normalized spacial score (nSPS) is 11.2. The molecule has 0 spiro atoms. The van der Waals surface area contributed by atoms with Crippen LogP contribution < -0.4 is 14.9 Å². The highest BCUT2D eigenvalue weighted by Gasteiger charge is 2.18. The van der Waals surface area contributed by atoms with Crippen molar-refractivity contribution in [1.29, 1.82) is 0 Å². The highest BCUT2D eigenvalue weighted by Crippen LogP contribution is 2.22. The monoisotopic (exact) mass is 505 g/mol. The zero-order chi connectivity index (χ0) is 24.7. The van der Waals surface area contributed by atoms with Crippen LogP contribution >= 0.6 is 11.6 Å². The van der Waals surface area contributed by atoms with E-state index < -0.39 is 15.9 Å². The Morgan fingerprint density at radius 2 is 1.51 bits per heavy atom. The molecule has 4 aromatic carbocycles. The second kappa shape index (κ2) is 10.9. The molecule has 35 heavy (non-hydrogen) atoms. The zero-order valence-corrected chi connectivity index (χ0v) is 19.8. The Bertz CT molecular complexity index is 1460. The van der Waals surface area contributed by atoms with E-state index >= 15 is 0 Å². The molecule has 0 fully saturated rings. The summed E-state index contributed by atoms with van der Waals surface area (Å²) in [6.07, 6.45) is 1.47. The van der Waals surface area contributed by atoms with Gasteiger partial charge in [-0.2, -0.15) is 5.10 Å².